The molecule has 0 amide bonds. The summed E-state index contributed by atoms with van der Waals surface area (Å²) in [6.45, 7) is 1.70. The van der Waals surface area contributed by atoms with E-state index in [2.05, 4.69) is 0 Å². The first-order valence-electron chi connectivity index (χ1n) is 5.36. The fraction of sp³-hybridized carbons (Fsp3) is 0.133. The van der Waals surface area contributed by atoms with E-state index in [1.54, 1.807) is 19.1 Å². The molecule has 0 spiro atoms. The molecule has 1 nitrogen and oxygen atoms in total. The molecule has 2 rings (SSSR count). The third-order valence-corrected chi connectivity index (χ3v) is 2.19. The molecule has 0 aromatic heterocycles. The maximum absolute atomic E-state index is 12.8. The maximum atomic E-state index is 12.8. The third kappa shape index (κ3) is 4.94. The van der Waals surface area contributed by atoms with Gasteiger partial charge >= 0.3 is 0 Å². The summed E-state index contributed by atoms with van der Waals surface area (Å²) in [6, 6.07) is 18.8. The lowest BCUT2D eigenvalue weighted by molar-refractivity contribution is 0.617. The van der Waals surface area contributed by atoms with Crippen molar-refractivity contribution < 1.29 is 4.39 Å². The Balaban J connectivity index is 0.000000202. The summed E-state index contributed by atoms with van der Waals surface area (Å²) in [7, 11) is 0. The lowest BCUT2D eigenvalue weighted by atomic mass is 10.1. The second kappa shape index (κ2) is 7.19. The lowest BCUT2D eigenvalue weighted by Gasteiger charge is -1.97. The van der Waals surface area contributed by atoms with Crippen LogP contribution in [0.25, 0.3) is 0 Å². The summed E-state index contributed by atoms with van der Waals surface area (Å²) in [5.41, 5.74) is 1.35. The van der Waals surface area contributed by atoms with E-state index in [-0.39, 0.29) is 12.2 Å². The van der Waals surface area contributed by atoms with Crippen LogP contribution >= 0.6 is 0 Å². The highest BCUT2D eigenvalue weighted by Crippen LogP contribution is 2.08. The van der Waals surface area contributed by atoms with Gasteiger partial charge in [0, 0.05) is 0 Å². The van der Waals surface area contributed by atoms with Crippen LogP contribution in [0.5, 0.6) is 0 Å². The van der Waals surface area contributed by atoms with Crippen LogP contribution in [0.3, 0.4) is 0 Å². The zero-order valence-electron chi connectivity index (χ0n) is 9.73. The van der Waals surface area contributed by atoms with Crippen molar-refractivity contribution in [3.63, 3.8) is 0 Å². The Morgan fingerprint density at radius 2 is 1.59 bits per heavy atom. The highest BCUT2D eigenvalue weighted by molar-refractivity contribution is 5.25. The van der Waals surface area contributed by atoms with Crippen molar-refractivity contribution in [2.45, 2.75) is 13.3 Å². The Hall–Kier alpha value is -2.14. The summed E-state index contributed by atoms with van der Waals surface area (Å²) in [4.78, 5) is 0. The minimum absolute atomic E-state index is 0.238. The minimum atomic E-state index is -0.238. The van der Waals surface area contributed by atoms with Crippen molar-refractivity contribution in [2.75, 3.05) is 0 Å². The highest BCUT2D eigenvalue weighted by Gasteiger charge is 1.97. The zero-order valence-corrected chi connectivity index (χ0v) is 9.73. The molecule has 0 fully saturated rings. The van der Waals surface area contributed by atoms with Gasteiger partial charge in [-0.15, -0.1) is 0 Å². The fourth-order valence-corrected chi connectivity index (χ4v) is 1.22. The summed E-state index contributed by atoms with van der Waals surface area (Å²) in [6.07, 6.45) is 0.275. The van der Waals surface area contributed by atoms with Gasteiger partial charge in [-0.25, -0.2) is 4.39 Å². The minimum Gasteiger partial charge on any atom is -0.207 e. The number of hydrogen-bond donors (Lipinski definition) is 0. The van der Waals surface area contributed by atoms with Gasteiger partial charge in [0.15, 0.2) is 0 Å². The molecule has 86 valence electrons. The molecule has 2 aromatic carbocycles. The van der Waals surface area contributed by atoms with Crippen molar-refractivity contribution in [3.05, 3.63) is 71.5 Å². The molecule has 0 aliphatic heterocycles. The second-order valence-corrected chi connectivity index (χ2v) is 3.57. The largest absolute Gasteiger partial charge is 0.207 e. The molecule has 0 N–H and O–H groups in total. The molecule has 0 heterocycles. The molecule has 0 bridgehead atoms. The van der Waals surface area contributed by atoms with E-state index in [9.17, 15) is 4.39 Å². The number of nitrogens with zero attached hydrogens (tertiary/aromatic N) is 1. The van der Waals surface area contributed by atoms with Crippen molar-refractivity contribution in [2.24, 2.45) is 0 Å². The van der Waals surface area contributed by atoms with Crippen LogP contribution in [-0.4, -0.2) is 0 Å². The Morgan fingerprint density at radius 3 is 2.00 bits per heavy atom. The maximum Gasteiger partial charge on any atom is 0.126 e. The number of nitriles is 1. The van der Waals surface area contributed by atoms with Crippen LogP contribution in [0.1, 0.15) is 11.1 Å². The van der Waals surface area contributed by atoms with E-state index in [4.69, 9.17) is 5.26 Å². The summed E-state index contributed by atoms with van der Waals surface area (Å²) in [5.74, 6) is -0.238. The predicted molar refractivity (Wildman–Crippen MR) is 66.9 cm³/mol. The SMILES string of the molecule is Cc1ccc(CC#N)cc1F.c1ccccc1. The first-order chi connectivity index (χ1) is 8.24. The van der Waals surface area contributed by atoms with Crippen LogP contribution in [0.4, 0.5) is 4.39 Å². The van der Waals surface area contributed by atoms with Gasteiger partial charge in [0.1, 0.15) is 5.82 Å². The lowest BCUT2D eigenvalue weighted by Crippen LogP contribution is -1.86. The van der Waals surface area contributed by atoms with Gasteiger partial charge in [0.25, 0.3) is 0 Å². The molecule has 0 atom stereocenters. The van der Waals surface area contributed by atoms with Gasteiger partial charge in [0.05, 0.1) is 12.5 Å². The van der Waals surface area contributed by atoms with E-state index in [1.807, 2.05) is 42.5 Å². The Kier molecular flexibility index (Phi) is 5.46. The fourth-order valence-electron chi connectivity index (χ4n) is 1.22. The summed E-state index contributed by atoms with van der Waals surface area (Å²) in [5, 5.41) is 8.31. The third-order valence-electron chi connectivity index (χ3n) is 2.19. The number of benzene rings is 2. The zero-order chi connectivity index (χ0) is 12.5. The highest BCUT2D eigenvalue weighted by atomic mass is 19.1. The van der Waals surface area contributed by atoms with E-state index in [0.29, 0.717) is 5.56 Å². The molecule has 0 saturated heterocycles. The molecule has 0 saturated carbocycles. The number of aryl methyl sites for hydroxylation is 1. The standard InChI is InChI=1S/C9H8FN.C6H6/c1-7-2-3-8(4-5-11)6-9(7)10;1-2-4-6-5-3-1/h2-3,6H,4H2,1H3;1-6H. The van der Waals surface area contributed by atoms with Crippen LogP contribution in [0.2, 0.25) is 0 Å². The van der Waals surface area contributed by atoms with Gasteiger partial charge in [-0.2, -0.15) is 5.26 Å². The first kappa shape index (κ1) is 12.9. The topological polar surface area (TPSA) is 23.8 Å². The monoisotopic (exact) mass is 227 g/mol. The molecule has 0 radical (unpaired) electrons. The average Bonchev–Trinajstić information content (AvgIpc) is 2.37. The molecular weight excluding hydrogens is 213 g/mol. The van der Waals surface area contributed by atoms with Crippen LogP contribution in [-0.2, 0) is 6.42 Å². The summed E-state index contributed by atoms with van der Waals surface area (Å²) < 4.78 is 12.8. The Morgan fingerprint density at radius 1 is 1.06 bits per heavy atom. The second-order valence-electron chi connectivity index (χ2n) is 3.57. The smallest absolute Gasteiger partial charge is 0.126 e. The number of rotatable bonds is 1. The van der Waals surface area contributed by atoms with Gasteiger partial charge in [-0.1, -0.05) is 48.5 Å². The van der Waals surface area contributed by atoms with Crippen molar-refractivity contribution in [3.8, 4) is 6.07 Å². The number of hydrogen-bond acceptors (Lipinski definition) is 1. The molecule has 0 aliphatic carbocycles. The van der Waals surface area contributed by atoms with E-state index < -0.39 is 0 Å². The predicted octanol–water partition coefficient (Wildman–Crippen LogP) is 3.89. The van der Waals surface area contributed by atoms with Crippen LogP contribution in [0.15, 0.2) is 54.6 Å². The van der Waals surface area contributed by atoms with E-state index in [0.717, 1.165) is 5.56 Å². The molecular formula is C15H14FN. The number of halogens is 1. The van der Waals surface area contributed by atoms with E-state index in [1.165, 1.54) is 6.07 Å². The molecule has 0 unspecified atom stereocenters. The molecule has 2 aromatic rings. The van der Waals surface area contributed by atoms with E-state index >= 15 is 0 Å². The van der Waals surface area contributed by atoms with Gasteiger partial charge in [0.2, 0.25) is 0 Å². The van der Waals surface area contributed by atoms with Crippen molar-refractivity contribution in [1.29, 1.82) is 5.26 Å². The summed E-state index contributed by atoms with van der Waals surface area (Å²) >= 11 is 0. The first-order valence-corrected chi connectivity index (χ1v) is 5.36. The normalized spacial score (nSPS) is 8.76. The Labute approximate surface area is 101 Å². The van der Waals surface area contributed by atoms with Gasteiger partial charge in [-0.05, 0) is 24.1 Å². The van der Waals surface area contributed by atoms with Crippen LogP contribution < -0.4 is 0 Å². The molecule has 0 aliphatic rings. The van der Waals surface area contributed by atoms with Gasteiger partial charge < -0.3 is 0 Å². The van der Waals surface area contributed by atoms with Crippen molar-refractivity contribution >= 4 is 0 Å². The Bertz CT molecular complexity index is 459. The molecule has 2 heteroatoms. The molecule has 17 heavy (non-hydrogen) atoms. The van der Waals surface area contributed by atoms with Gasteiger partial charge in [-0.3, -0.25) is 0 Å². The average molecular weight is 227 g/mol. The van der Waals surface area contributed by atoms with Crippen molar-refractivity contribution in [1.82, 2.24) is 0 Å². The van der Waals surface area contributed by atoms with Crippen LogP contribution in [0, 0.1) is 24.1 Å². The quantitative estimate of drug-likeness (QED) is 0.725.